The maximum atomic E-state index is 14.9. The number of anilines is 2. The number of carbonyl (C=O) groups excluding carboxylic acids is 2. The predicted molar refractivity (Wildman–Crippen MR) is 131 cm³/mol. The van der Waals surface area contributed by atoms with Crippen molar-refractivity contribution in [1.82, 2.24) is 20.5 Å². The molecule has 36 heavy (non-hydrogen) atoms. The average Bonchev–Trinajstić information content (AvgIpc) is 3.53. The van der Waals surface area contributed by atoms with E-state index in [0.29, 0.717) is 22.8 Å². The first-order valence-electron chi connectivity index (χ1n) is 10.8. The monoisotopic (exact) mass is 512 g/mol. The molecule has 3 heterocycles. The number of pyridine rings is 1. The number of H-pyrrole nitrogens is 1. The van der Waals surface area contributed by atoms with Crippen molar-refractivity contribution in [3.63, 3.8) is 0 Å². The average molecular weight is 513 g/mol. The van der Waals surface area contributed by atoms with Gasteiger partial charge in [0.25, 0.3) is 11.8 Å². The lowest BCUT2D eigenvalue weighted by atomic mass is 9.99. The van der Waals surface area contributed by atoms with Crippen molar-refractivity contribution in [2.45, 2.75) is 19.4 Å². The fourth-order valence-corrected chi connectivity index (χ4v) is 4.54. The van der Waals surface area contributed by atoms with Gasteiger partial charge in [0.1, 0.15) is 28.1 Å². The Balaban J connectivity index is 1.58. The van der Waals surface area contributed by atoms with Crippen molar-refractivity contribution in [2.24, 2.45) is 5.73 Å². The summed E-state index contributed by atoms with van der Waals surface area (Å²) in [5.74, 6) is -2.87. The van der Waals surface area contributed by atoms with Crippen LogP contribution < -0.4 is 16.4 Å². The summed E-state index contributed by atoms with van der Waals surface area (Å²) in [5.41, 5.74) is 6.41. The van der Waals surface area contributed by atoms with Crippen LogP contribution in [0.1, 0.15) is 44.9 Å². The second-order valence-corrected chi connectivity index (χ2v) is 9.01. The van der Waals surface area contributed by atoms with Gasteiger partial charge in [-0.2, -0.15) is 5.10 Å². The van der Waals surface area contributed by atoms with Gasteiger partial charge in [-0.05, 0) is 42.0 Å². The zero-order valence-corrected chi connectivity index (χ0v) is 19.8. The topological polar surface area (TPSA) is 146 Å². The second-order valence-electron chi connectivity index (χ2n) is 7.95. The molecule has 0 saturated heterocycles. The fourth-order valence-electron chi connectivity index (χ4n) is 3.42. The lowest BCUT2D eigenvalue weighted by molar-refractivity contribution is 0.0944. The highest BCUT2D eigenvalue weighted by Crippen LogP contribution is 2.39. The number of nitrogens with two attached hydrogens (primary N) is 1. The first-order chi connectivity index (χ1) is 17.3. The van der Waals surface area contributed by atoms with Crippen LogP contribution in [-0.4, -0.2) is 38.7 Å². The summed E-state index contributed by atoms with van der Waals surface area (Å²) in [6.45, 7) is 1.52. The summed E-state index contributed by atoms with van der Waals surface area (Å²) in [6.07, 6.45) is 1.46. The minimum absolute atomic E-state index is 0.0429. The quantitative estimate of drug-likeness (QED) is 0.231. The molecule has 3 aromatic heterocycles. The van der Waals surface area contributed by atoms with E-state index in [2.05, 4.69) is 25.8 Å². The van der Waals surface area contributed by atoms with Crippen molar-refractivity contribution in [2.75, 3.05) is 11.9 Å². The molecule has 9 nitrogen and oxygen atoms in total. The molecule has 4 aromatic rings. The number of carbonyl (C=O) groups is 2. The number of aromatic amines is 1. The number of nitrogens with one attached hydrogen (secondary N) is 3. The number of thiophene rings is 1. The molecular weight excluding hydrogens is 490 g/mol. The molecule has 1 aromatic carbocycles. The molecule has 186 valence electrons. The van der Waals surface area contributed by atoms with E-state index in [1.54, 1.807) is 25.1 Å². The number of aromatic nitrogens is 3. The highest BCUT2D eigenvalue weighted by molar-refractivity contribution is 7.20. The van der Waals surface area contributed by atoms with Gasteiger partial charge in [-0.25, -0.2) is 13.8 Å². The Labute approximate surface area is 208 Å². The number of amides is 2. The summed E-state index contributed by atoms with van der Waals surface area (Å²) in [7, 11) is 0. The van der Waals surface area contributed by atoms with Gasteiger partial charge in [0, 0.05) is 23.6 Å². The third kappa shape index (κ3) is 5.39. The Bertz CT molecular complexity index is 1380. The molecule has 0 spiro atoms. The number of halogens is 2. The molecule has 0 fully saturated rings. The summed E-state index contributed by atoms with van der Waals surface area (Å²) in [4.78, 5) is 28.7. The van der Waals surface area contributed by atoms with Crippen molar-refractivity contribution in [3.8, 4) is 10.4 Å². The number of aliphatic hydroxyl groups excluding tert-OH is 1. The SMILES string of the molecule is CC(CO)c1cc(F)c(-c2cc(C(N)=O)c(Nc3cccc(CNC(=O)c4ccn[nH]4)n3)s2)c(F)c1. The second kappa shape index (κ2) is 10.6. The van der Waals surface area contributed by atoms with Crippen molar-refractivity contribution < 1.29 is 23.5 Å². The Morgan fingerprint density at radius 1 is 1.19 bits per heavy atom. The zero-order chi connectivity index (χ0) is 25.8. The molecule has 12 heteroatoms. The zero-order valence-electron chi connectivity index (χ0n) is 19.0. The molecular formula is C24H22F2N6O3S. The third-order valence-corrected chi connectivity index (χ3v) is 6.44. The Kier molecular flexibility index (Phi) is 7.36. The summed E-state index contributed by atoms with van der Waals surface area (Å²) in [5, 5.41) is 21.5. The molecule has 0 aliphatic carbocycles. The van der Waals surface area contributed by atoms with Crippen LogP contribution in [0.3, 0.4) is 0 Å². The van der Waals surface area contributed by atoms with Crippen molar-refractivity contribution in [1.29, 1.82) is 0 Å². The molecule has 0 radical (unpaired) electrons. The van der Waals surface area contributed by atoms with E-state index in [0.717, 1.165) is 11.3 Å². The molecule has 2 amide bonds. The highest BCUT2D eigenvalue weighted by Gasteiger charge is 2.22. The van der Waals surface area contributed by atoms with Gasteiger partial charge in [-0.3, -0.25) is 14.7 Å². The lowest BCUT2D eigenvalue weighted by Gasteiger charge is -2.11. The lowest BCUT2D eigenvalue weighted by Crippen LogP contribution is -2.23. The van der Waals surface area contributed by atoms with Gasteiger partial charge in [-0.1, -0.05) is 13.0 Å². The van der Waals surface area contributed by atoms with Crippen LogP contribution in [0.4, 0.5) is 19.6 Å². The van der Waals surface area contributed by atoms with Crippen LogP contribution in [0.15, 0.2) is 48.7 Å². The van der Waals surface area contributed by atoms with E-state index in [4.69, 9.17) is 5.73 Å². The number of benzene rings is 1. The van der Waals surface area contributed by atoms with Gasteiger partial charge in [0.2, 0.25) is 0 Å². The number of aliphatic hydroxyl groups is 1. The third-order valence-electron chi connectivity index (χ3n) is 5.38. The first-order valence-corrected chi connectivity index (χ1v) is 11.6. The molecule has 0 aliphatic rings. The number of hydrogen-bond acceptors (Lipinski definition) is 7. The van der Waals surface area contributed by atoms with E-state index in [1.807, 2.05) is 0 Å². The minimum Gasteiger partial charge on any atom is -0.396 e. The van der Waals surface area contributed by atoms with E-state index < -0.39 is 23.5 Å². The van der Waals surface area contributed by atoms with Crippen molar-refractivity contribution in [3.05, 3.63) is 82.8 Å². The van der Waals surface area contributed by atoms with Gasteiger partial charge >= 0.3 is 0 Å². The Morgan fingerprint density at radius 3 is 2.58 bits per heavy atom. The van der Waals surface area contributed by atoms with Gasteiger partial charge in [-0.15, -0.1) is 11.3 Å². The standard InChI is InChI=1S/C24H22F2N6O3S/c1-12(11-33)13-7-16(25)21(17(26)8-13)19-9-15(22(27)34)24(36-19)31-20-4-2-3-14(30-20)10-28-23(35)18-5-6-29-32-18/h2-9,12,33H,10-11H2,1H3,(H2,27,34)(H,28,35)(H,29,32)(H,30,31). The number of primary amides is 1. The minimum atomic E-state index is -0.817. The van der Waals surface area contributed by atoms with Crippen LogP contribution in [-0.2, 0) is 6.54 Å². The maximum absolute atomic E-state index is 14.9. The fraction of sp³-hybridized carbons (Fsp3) is 0.167. The largest absolute Gasteiger partial charge is 0.396 e. The van der Waals surface area contributed by atoms with E-state index in [1.165, 1.54) is 30.5 Å². The molecule has 0 saturated carbocycles. The molecule has 1 atom stereocenters. The van der Waals surface area contributed by atoms with E-state index in [-0.39, 0.29) is 40.1 Å². The van der Waals surface area contributed by atoms with Gasteiger partial charge < -0.3 is 21.5 Å². The maximum Gasteiger partial charge on any atom is 0.269 e. The molecule has 0 aliphatic heterocycles. The molecule has 4 rings (SSSR count). The highest BCUT2D eigenvalue weighted by atomic mass is 32.1. The molecule has 6 N–H and O–H groups in total. The van der Waals surface area contributed by atoms with E-state index >= 15 is 0 Å². The Morgan fingerprint density at radius 2 is 1.94 bits per heavy atom. The normalized spacial score (nSPS) is 11.8. The number of nitrogens with zero attached hydrogens (tertiary/aromatic N) is 2. The molecule has 1 unspecified atom stereocenters. The number of hydrogen-bond donors (Lipinski definition) is 5. The predicted octanol–water partition coefficient (Wildman–Crippen LogP) is 3.68. The van der Waals surface area contributed by atoms with Crippen LogP contribution in [0.2, 0.25) is 0 Å². The first kappa shape index (κ1) is 24.9. The smallest absolute Gasteiger partial charge is 0.269 e. The van der Waals surface area contributed by atoms with Gasteiger partial charge in [0.05, 0.1) is 23.4 Å². The Hall–Kier alpha value is -4.16. The summed E-state index contributed by atoms with van der Waals surface area (Å²) < 4.78 is 29.7. The van der Waals surface area contributed by atoms with Crippen LogP contribution in [0.25, 0.3) is 10.4 Å². The van der Waals surface area contributed by atoms with Gasteiger partial charge in [0.15, 0.2) is 0 Å². The van der Waals surface area contributed by atoms with Crippen LogP contribution in [0, 0.1) is 11.6 Å². The summed E-state index contributed by atoms with van der Waals surface area (Å²) in [6, 6.07) is 10.2. The van der Waals surface area contributed by atoms with E-state index in [9.17, 15) is 23.5 Å². The molecule has 0 bridgehead atoms. The van der Waals surface area contributed by atoms with Crippen LogP contribution >= 0.6 is 11.3 Å². The van der Waals surface area contributed by atoms with Crippen LogP contribution in [0.5, 0.6) is 0 Å². The summed E-state index contributed by atoms with van der Waals surface area (Å²) >= 11 is 0.944. The van der Waals surface area contributed by atoms with Crippen molar-refractivity contribution >= 4 is 34.0 Å². The number of rotatable bonds is 9.